The van der Waals surface area contributed by atoms with Gasteiger partial charge in [-0.2, -0.15) is 0 Å². The molecule has 6 heteroatoms. The molecule has 0 spiro atoms. The van der Waals surface area contributed by atoms with Crippen molar-refractivity contribution in [1.29, 1.82) is 0 Å². The van der Waals surface area contributed by atoms with Gasteiger partial charge in [-0.05, 0) is 30.3 Å². The van der Waals surface area contributed by atoms with Gasteiger partial charge in [-0.25, -0.2) is 0 Å². The van der Waals surface area contributed by atoms with Crippen LogP contribution in [0.2, 0.25) is 0 Å². The third-order valence-corrected chi connectivity index (χ3v) is 4.24. The number of ether oxygens (including phenoxy) is 1. The molecule has 0 aliphatic rings. The number of aliphatic carboxylic acids is 1. The van der Waals surface area contributed by atoms with Crippen molar-refractivity contribution in [1.82, 2.24) is 4.98 Å². The van der Waals surface area contributed by atoms with Gasteiger partial charge in [0.05, 0.1) is 19.2 Å². The van der Waals surface area contributed by atoms with Crippen LogP contribution in [0.5, 0.6) is 5.75 Å². The van der Waals surface area contributed by atoms with E-state index in [0.29, 0.717) is 27.9 Å². The lowest BCUT2D eigenvalue weighted by Gasteiger charge is -2.12. The Bertz CT molecular complexity index is 994. The SMILES string of the molecule is COc1cccc(-c2[nH]c3ccc(Br)cc3c(=O)c2CC(=O)O)c1. The molecule has 0 unspecified atom stereocenters. The second kappa shape index (κ2) is 6.49. The van der Waals surface area contributed by atoms with Crippen LogP contribution in [0.3, 0.4) is 0 Å². The number of fused-ring (bicyclic) bond motifs is 1. The molecule has 2 N–H and O–H groups in total. The van der Waals surface area contributed by atoms with Crippen molar-refractivity contribution in [3.8, 4) is 17.0 Å². The van der Waals surface area contributed by atoms with E-state index in [1.807, 2.05) is 12.1 Å². The molecule has 0 amide bonds. The summed E-state index contributed by atoms with van der Waals surface area (Å²) >= 11 is 3.34. The number of carbonyl (C=O) groups is 1. The van der Waals surface area contributed by atoms with Gasteiger partial charge in [-0.15, -0.1) is 0 Å². The molecule has 5 nitrogen and oxygen atoms in total. The number of carboxylic acids is 1. The average Bonchev–Trinajstić information content (AvgIpc) is 2.57. The highest BCUT2D eigenvalue weighted by atomic mass is 79.9. The first-order valence-corrected chi connectivity index (χ1v) is 7.99. The number of aromatic nitrogens is 1. The number of H-pyrrole nitrogens is 1. The van der Waals surface area contributed by atoms with Crippen molar-refractivity contribution in [2.75, 3.05) is 7.11 Å². The van der Waals surface area contributed by atoms with Gasteiger partial charge in [-0.1, -0.05) is 28.1 Å². The van der Waals surface area contributed by atoms with Gasteiger partial charge in [-0.3, -0.25) is 9.59 Å². The zero-order chi connectivity index (χ0) is 17.3. The molecule has 122 valence electrons. The second-order valence-electron chi connectivity index (χ2n) is 5.30. The Balaban J connectivity index is 2.34. The maximum Gasteiger partial charge on any atom is 0.308 e. The maximum absolute atomic E-state index is 12.8. The summed E-state index contributed by atoms with van der Waals surface area (Å²) in [4.78, 5) is 27.3. The Kier molecular flexibility index (Phi) is 4.40. The van der Waals surface area contributed by atoms with Crippen molar-refractivity contribution < 1.29 is 14.6 Å². The molecular formula is C18H14BrNO4. The number of carboxylic acid groups (broad SMARTS) is 1. The van der Waals surface area contributed by atoms with Crippen molar-refractivity contribution in [2.24, 2.45) is 0 Å². The minimum Gasteiger partial charge on any atom is -0.497 e. The summed E-state index contributed by atoms with van der Waals surface area (Å²) in [5.41, 5.74) is 1.78. The van der Waals surface area contributed by atoms with Crippen LogP contribution in [-0.2, 0) is 11.2 Å². The van der Waals surface area contributed by atoms with E-state index >= 15 is 0 Å². The minimum absolute atomic E-state index is 0.223. The number of hydrogen-bond donors (Lipinski definition) is 2. The number of nitrogens with one attached hydrogen (secondary N) is 1. The molecule has 24 heavy (non-hydrogen) atoms. The topological polar surface area (TPSA) is 79.4 Å². The van der Waals surface area contributed by atoms with Crippen LogP contribution in [0.4, 0.5) is 0 Å². The molecule has 0 atom stereocenters. The molecule has 3 rings (SSSR count). The lowest BCUT2D eigenvalue weighted by molar-refractivity contribution is -0.136. The van der Waals surface area contributed by atoms with Crippen LogP contribution in [0, 0.1) is 0 Å². The zero-order valence-corrected chi connectivity index (χ0v) is 14.4. The number of methoxy groups -OCH3 is 1. The van der Waals surface area contributed by atoms with Crippen LogP contribution in [0.25, 0.3) is 22.2 Å². The molecule has 0 radical (unpaired) electrons. The van der Waals surface area contributed by atoms with E-state index in [9.17, 15) is 14.7 Å². The summed E-state index contributed by atoms with van der Waals surface area (Å²) in [5, 5.41) is 9.65. The lowest BCUT2D eigenvalue weighted by Crippen LogP contribution is -2.17. The number of halogens is 1. The standard InChI is InChI=1S/C18H14BrNO4/c1-24-12-4-2-3-10(7-12)17-14(9-16(21)22)18(23)13-8-11(19)5-6-15(13)20-17/h2-8H,9H2,1H3,(H,20,23)(H,21,22). The van der Waals surface area contributed by atoms with E-state index < -0.39 is 5.97 Å². The fourth-order valence-corrected chi connectivity index (χ4v) is 3.01. The van der Waals surface area contributed by atoms with E-state index in [2.05, 4.69) is 20.9 Å². The van der Waals surface area contributed by atoms with Gasteiger partial charge in [0, 0.05) is 26.5 Å². The normalized spacial score (nSPS) is 10.8. The fourth-order valence-electron chi connectivity index (χ4n) is 2.64. The van der Waals surface area contributed by atoms with E-state index in [1.54, 1.807) is 37.4 Å². The Hall–Kier alpha value is -2.60. The van der Waals surface area contributed by atoms with Crippen LogP contribution >= 0.6 is 15.9 Å². The van der Waals surface area contributed by atoms with Crippen LogP contribution in [0.15, 0.2) is 51.7 Å². The Morgan fingerprint density at radius 2 is 2.04 bits per heavy atom. The zero-order valence-electron chi connectivity index (χ0n) is 12.8. The molecule has 3 aromatic rings. The van der Waals surface area contributed by atoms with Crippen LogP contribution in [-0.4, -0.2) is 23.2 Å². The van der Waals surface area contributed by atoms with Gasteiger partial charge in [0.2, 0.25) is 0 Å². The number of benzene rings is 2. The second-order valence-corrected chi connectivity index (χ2v) is 6.22. The predicted octanol–water partition coefficient (Wildman–Crippen LogP) is 3.59. The van der Waals surface area contributed by atoms with E-state index in [1.165, 1.54) is 0 Å². The minimum atomic E-state index is -1.06. The van der Waals surface area contributed by atoms with E-state index in [4.69, 9.17) is 4.74 Å². The summed E-state index contributed by atoms with van der Waals surface area (Å²) in [6.07, 6.45) is -0.357. The first-order chi connectivity index (χ1) is 11.5. The largest absolute Gasteiger partial charge is 0.497 e. The van der Waals surface area contributed by atoms with Gasteiger partial charge in [0.25, 0.3) is 0 Å². The van der Waals surface area contributed by atoms with Gasteiger partial charge >= 0.3 is 5.97 Å². The Morgan fingerprint density at radius 3 is 2.75 bits per heavy atom. The lowest BCUT2D eigenvalue weighted by atomic mass is 10.00. The molecule has 0 fully saturated rings. The first-order valence-electron chi connectivity index (χ1n) is 7.20. The predicted molar refractivity (Wildman–Crippen MR) is 95.6 cm³/mol. The van der Waals surface area contributed by atoms with E-state index in [0.717, 1.165) is 4.47 Å². The first kappa shape index (κ1) is 16.3. The molecule has 0 saturated heterocycles. The molecular weight excluding hydrogens is 374 g/mol. The summed E-state index contributed by atoms with van der Waals surface area (Å²) < 4.78 is 5.98. The third-order valence-electron chi connectivity index (χ3n) is 3.75. The summed E-state index contributed by atoms with van der Waals surface area (Å²) in [5.74, 6) is -0.426. The number of aromatic amines is 1. The molecule has 0 bridgehead atoms. The Morgan fingerprint density at radius 1 is 1.25 bits per heavy atom. The highest BCUT2D eigenvalue weighted by Gasteiger charge is 2.17. The molecule has 1 heterocycles. The van der Waals surface area contributed by atoms with Gasteiger partial charge < -0.3 is 14.8 Å². The monoisotopic (exact) mass is 387 g/mol. The van der Waals surface area contributed by atoms with Crippen molar-refractivity contribution in [2.45, 2.75) is 6.42 Å². The molecule has 0 aliphatic carbocycles. The van der Waals surface area contributed by atoms with E-state index in [-0.39, 0.29) is 17.4 Å². The van der Waals surface area contributed by atoms with Crippen LogP contribution in [0.1, 0.15) is 5.56 Å². The molecule has 0 aliphatic heterocycles. The smallest absolute Gasteiger partial charge is 0.308 e. The van der Waals surface area contributed by atoms with Gasteiger partial charge in [0.15, 0.2) is 5.43 Å². The van der Waals surface area contributed by atoms with Crippen molar-refractivity contribution >= 4 is 32.8 Å². The summed E-state index contributed by atoms with van der Waals surface area (Å²) in [6.45, 7) is 0. The number of hydrogen-bond acceptors (Lipinski definition) is 3. The Labute approximate surface area is 146 Å². The molecule has 2 aromatic carbocycles. The highest BCUT2D eigenvalue weighted by Crippen LogP contribution is 2.27. The number of pyridine rings is 1. The maximum atomic E-state index is 12.8. The molecule has 1 aromatic heterocycles. The van der Waals surface area contributed by atoms with Gasteiger partial charge in [0.1, 0.15) is 5.75 Å². The van der Waals surface area contributed by atoms with Crippen LogP contribution < -0.4 is 10.2 Å². The summed E-state index contributed by atoms with van der Waals surface area (Å²) in [6, 6.07) is 12.5. The highest BCUT2D eigenvalue weighted by molar-refractivity contribution is 9.10. The quantitative estimate of drug-likeness (QED) is 0.716. The number of rotatable bonds is 4. The summed E-state index contributed by atoms with van der Waals surface area (Å²) in [7, 11) is 1.55. The third kappa shape index (κ3) is 3.05. The van der Waals surface area contributed by atoms with Crippen molar-refractivity contribution in [3.63, 3.8) is 0 Å². The fraction of sp³-hybridized carbons (Fsp3) is 0.111. The van der Waals surface area contributed by atoms with Crippen molar-refractivity contribution in [3.05, 3.63) is 62.7 Å². The molecule has 0 saturated carbocycles. The average molecular weight is 388 g/mol.